The van der Waals surface area contributed by atoms with E-state index < -0.39 is 6.10 Å². The summed E-state index contributed by atoms with van der Waals surface area (Å²) in [5.41, 5.74) is 5.72. The number of methoxy groups -OCH3 is 1. The molecule has 3 atom stereocenters. The lowest BCUT2D eigenvalue weighted by Gasteiger charge is -2.33. The van der Waals surface area contributed by atoms with Crippen molar-refractivity contribution < 1.29 is 14.6 Å². The van der Waals surface area contributed by atoms with Crippen LogP contribution >= 0.6 is 0 Å². The first-order chi connectivity index (χ1) is 13.7. The van der Waals surface area contributed by atoms with E-state index in [-0.39, 0.29) is 0 Å². The Morgan fingerprint density at radius 3 is 3.00 bits per heavy atom. The standard InChI is InChI=1S/C23H28N2O3/c1-14(26)18-12-16(27-2)4-5-17(18)15-10-19-20-13-24-7-6-21(20)25-8-3-9-28-22(11-15)23(19)25/h4-5,10-12,14,20-21,24,26H,3,6-9,13H2,1-2H3/t14?,20-,21-/m0/s1. The van der Waals surface area contributed by atoms with Crippen LogP contribution in [-0.4, -0.2) is 44.5 Å². The lowest BCUT2D eigenvalue weighted by molar-refractivity contribution is 0.199. The smallest absolute Gasteiger partial charge is 0.143 e. The summed E-state index contributed by atoms with van der Waals surface area (Å²) in [5.74, 6) is 2.25. The van der Waals surface area contributed by atoms with Crippen molar-refractivity contribution in [1.29, 1.82) is 0 Å². The Morgan fingerprint density at radius 1 is 1.29 bits per heavy atom. The first kappa shape index (κ1) is 17.8. The molecule has 1 fully saturated rings. The second kappa shape index (κ2) is 6.98. The fourth-order valence-electron chi connectivity index (χ4n) is 5.16. The summed E-state index contributed by atoms with van der Waals surface area (Å²) >= 11 is 0. The van der Waals surface area contributed by atoms with E-state index in [1.54, 1.807) is 14.0 Å². The monoisotopic (exact) mass is 380 g/mol. The number of anilines is 1. The first-order valence-corrected chi connectivity index (χ1v) is 10.3. The molecule has 5 heteroatoms. The number of ether oxygens (including phenoxy) is 2. The van der Waals surface area contributed by atoms with E-state index in [0.29, 0.717) is 12.0 Å². The maximum Gasteiger partial charge on any atom is 0.143 e. The molecule has 0 spiro atoms. The summed E-state index contributed by atoms with van der Waals surface area (Å²) in [7, 11) is 1.66. The van der Waals surface area contributed by atoms with Crippen molar-refractivity contribution in [2.24, 2.45) is 0 Å². The maximum atomic E-state index is 10.4. The highest BCUT2D eigenvalue weighted by Crippen LogP contribution is 2.51. The Kier molecular flexibility index (Phi) is 4.44. The average molecular weight is 380 g/mol. The van der Waals surface area contributed by atoms with Crippen LogP contribution in [0.1, 0.15) is 42.9 Å². The van der Waals surface area contributed by atoms with Crippen molar-refractivity contribution in [2.75, 3.05) is 38.3 Å². The van der Waals surface area contributed by atoms with Crippen molar-refractivity contribution in [1.82, 2.24) is 5.32 Å². The van der Waals surface area contributed by atoms with Crippen molar-refractivity contribution >= 4 is 5.69 Å². The molecule has 1 unspecified atom stereocenters. The van der Waals surface area contributed by atoms with Gasteiger partial charge in [-0.3, -0.25) is 0 Å². The molecule has 2 N–H and O–H groups in total. The van der Waals surface area contributed by atoms with E-state index in [2.05, 4.69) is 28.4 Å². The summed E-state index contributed by atoms with van der Waals surface area (Å²) in [5, 5.41) is 14.0. The van der Waals surface area contributed by atoms with Crippen molar-refractivity contribution in [3.05, 3.63) is 41.5 Å². The Labute approximate surface area is 166 Å². The second-order valence-electron chi connectivity index (χ2n) is 8.10. The number of rotatable bonds is 3. The van der Waals surface area contributed by atoms with Crippen LogP contribution in [0.5, 0.6) is 11.5 Å². The van der Waals surface area contributed by atoms with Gasteiger partial charge in [0.25, 0.3) is 0 Å². The van der Waals surface area contributed by atoms with Crippen LogP contribution < -0.4 is 19.7 Å². The van der Waals surface area contributed by atoms with E-state index in [1.807, 2.05) is 12.1 Å². The molecule has 0 aromatic heterocycles. The molecular formula is C23H28N2O3. The van der Waals surface area contributed by atoms with Crippen molar-refractivity contribution in [3.63, 3.8) is 0 Å². The fraction of sp³-hybridized carbons (Fsp3) is 0.478. The third kappa shape index (κ3) is 2.76. The number of nitrogens with zero attached hydrogens (tertiary/aromatic N) is 1. The van der Waals surface area contributed by atoms with Gasteiger partial charge < -0.3 is 24.8 Å². The number of hydrogen-bond donors (Lipinski definition) is 2. The minimum atomic E-state index is -0.570. The molecule has 2 aromatic carbocycles. The third-order valence-corrected chi connectivity index (χ3v) is 6.46. The lowest BCUT2D eigenvalue weighted by Crippen LogP contribution is -2.44. The van der Waals surface area contributed by atoms with E-state index in [1.165, 1.54) is 17.7 Å². The highest BCUT2D eigenvalue weighted by atomic mass is 16.5. The van der Waals surface area contributed by atoms with Gasteiger partial charge in [-0.1, -0.05) is 6.07 Å². The SMILES string of the molecule is COc1ccc(-c2cc3c4c(c2)[C@@H]2CNCC[C@@H]2N4CCCO3)c(C(C)O)c1. The van der Waals surface area contributed by atoms with Gasteiger partial charge in [-0.25, -0.2) is 0 Å². The van der Waals surface area contributed by atoms with Crippen LogP contribution in [0.15, 0.2) is 30.3 Å². The second-order valence-corrected chi connectivity index (χ2v) is 8.10. The Hall–Kier alpha value is -2.24. The molecule has 0 amide bonds. The Balaban J connectivity index is 1.67. The van der Waals surface area contributed by atoms with Crippen molar-refractivity contribution in [3.8, 4) is 22.6 Å². The molecule has 2 aromatic rings. The number of piperidine rings is 1. The molecule has 28 heavy (non-hydrogen) atoms. The number of aliphatic hydroxyl groups is 1. The van der Waals surface area contributed by atoms with E-state index in [0.717, 1.165) is 60.9 Å². The zero-order chi connectivity index (χ0) is 19.3. The Bertz CT molecular complexity index is 896. The van der Waals surface area contributed by atoms with Crippen LogP contribution in [0.3, 0.4) is 0 Å². The molecule has 0 aliphatic carbocycles. The third-order valence-electron chi connectivity index (χ3n) is 6.46. The van der Waals surface area contributed by atoms with Gasteiger partial charge in [0.05, 0.1) is 25.5 Å². The molecule has 0 bridgehead atoms. The molecule has 0 saturated carbocycles. The molecule has 3 aliphatic rings. The maximum absolute atomic E-state index is 10.4. The van der Waals surface area contributed by atoms with E-state index in [9.17, 15) is 5.11 Å². The highest BCUT2D eigenvalue weighted by Gasteiger charge is 2.42. The summed E-state index contributed by atoms with van der Waals surface area (Å²) < 4.78 is 11.6. The largest absolute Gasteiger partial charge is 0.497 e. The normalized spacial score (nSPS) is 24.0. The van der Waals surface area contributed by atoms with Crippen LogP contribution in [0.2, 0.25) is 0 Å². The molecular weight excluding hydrogens is 352 g/mol. The van der Waals surface area contributed by atoms with Gasteiger partial charge in [0.15, 0.2) is 0 Å². The molecule has 1 saturated heterocycles. The minimum absolute atomic E-state index is 0.498. The summed E-state index contributed by atoms with van der Waals surface area (Å²) in [4.78, 5) is 2.59. The molecule has 5 rings (SSSR count). The molecule has 3 aliphatic heterocycles. The predicted molar refractivity (Wildman–Crippen MR) is 111 cm³/mol. The van der Waals surface area contributed by atoms with Gasteiger partial charge in [-0.2, -0.15) is 0 Å². The van der Waals surface area contributed by atoms with Gasteiger partial charge in [0.1, 0.15) is 11.5 Å². The van der Waals surface area contributed by atoms with Gasteiger partial charge in [0.2, 0.25) is 0 Å². The van der Waals surface area contributed by atoms with Crippen LogP contribution in [0.4, 0.5) is 5.69 Å². The van der Waals surface area contributed by atoms with Gasteiger partial charge in [-0.05, 0) is 72.8 Å². The number of nitrogens with one attached hydrogen (secondary N) is 1. The quantitative estimate of drug-likeness (QED) is 0.854. The van der Waals surface area contributed by atoms with Crippen molar-refractivity contribution in [2.45, 2.75) is 37.8 Å². The minimum Gasteiger partial charge on any atom is -0.497 e. The summed E-state index contributed by atoms with van der Waals surface area (Å²) in [6.45, 7) is 5.73. The molecule has 148 valence electrons. The molecule has 5 nitrogen and oxygen atoms in total. The lowest BCUT2D eigenvalue weighted by atomic mass is 9.87. The van der Waals surface area contributed by atoms with Crippen LogP contribution in [0.25, 0.3) is 11.1 Å². The average Bonchev–Trinajstić information content (AvgIpc) is 2.88. The first-order valence-electron chi connectivity index (χ1n) is 10.3. The van der Waals surface area contributed by atoms with E-state index in [4.69, 9.17) is 9.47 Å². The summed E-state index contributed by atoms with van der Waals surface area (Å²) in [6.07, 6.45) is 1.66. The number of fused-ring (bicyclic) bond motifs is 3. The Morgan fingerprint density at radius 2 is 2.18 bits per heavy atom. The van der Waals surface area contributed by atoms with Gasteiger partial charge in [0, 0.05) is 25.0 Å². The zero-order valence-corrected chi connectivity index (χ0v) is 16.6. The summed E-state index contributed by atoms with van der Waals surface area (Å²) in [6, 6.07) is 11.0. The number of hydrogen-bond acceptors (Lipinski definition) is 5. The van der Waals surface area contributed by atoms with Gasteiger partial charge in [-0.15, -0.1) is 0 Å². The topological polar surface area (TPSA) is 54.0 Å². The molecule has 0 radical (unpaired) electrons. The number of aliphatic hydroxyl groups excluding tert-OH is 1. The van der Waals surface area contributed by atoms with Crippen LogP contribution in [-0.2, 0) is 0 Å². The van der Waals surface area contributed by atoms with Gasteiger partial charge >= 0.3 is 0 Å². The highest BCUT2D eigenvalue weighted by molar-refractivity contribution is 5.80. The molecule has 3 heterocycles. The van der Waals surface area contributed by atoms with E-state index >= 15 is 0 Å². The fourth-order valence-corrected chi connectivity index (χ4v) is 5.16. The number of benzene rings is 2. The zero-order valence-electron chi connectivity index (χ0n) is 16.6. The van der Waals surface area contributed by atoms with Crippen LogP contribution in [0, 0.1) is 0 Å². The predicted octanol–water partition coefficient (Wildman–Crippen LogP) is 3.46.